The molecule has 0 aromatic heterocycles. The van der Waals surface area contributed by atoms with Crippen molar-refractivity contribution in [1.29, 1.82) is 0 Å². The first-order valence-corrected chi connectivity index (χ1v) is 3.92. The van der Waals surface area contributed by atoms with Gasteiger partial charge in [0.25, 0.3) is 0 Å². The Bertz CT molecular complexity index is 349. The van der Waals surface area contributed by atoms with E-state index in [0.29, 0.717) is 0 Å². The van der Waals surface area contributed by atoms with E-state index in [1.807, 2.05) is 0 Å². The van der Waals surface area contributed by atoms with Crippen LogP contribution in [-0.4, -0.2) is 18.1 Å². The SMILES string of the molecule is Cl.NCCOc1c(F)cccc1[N+](=O)[O-]. The van der Waals surface area contributed by atoms with Crippen molar-refractivity contribution in [3.8, 4) is 5.75 Å². The van der Waals surface area contributed by atoms with E-state index in [0.717, 1.165) is 6.07 Å². The third-order valence-electron chi connectivity index (χ3n) is 1.51. The predicted octanol–water partition coefficient (Wildman–Crippen LogP) is 1.49. The first-order chi connectivity index (χ1) is 6.66. The van der Waals surface area contributed by atoms with Crippen LogP contribution in [0.25, 0.3) is 0 Å². The molecule has 0 aliphatic carbocycles. The Morgan fingerprint density at radius 2 is 2.20 bits per heavy atom. The molecule has 84 valence electrons. The van der Waals surface area contributed by atoms with E-state index in [-0.39, 0.29) is 31.3 Å². The summed E-state index contributed by atoms with van der Waals surface area (Å²) in [6, 6.07) is 3.52. The summed E-state index contributed by atoms with van der Waals surface area (Å²) < 4.78 is 17.9. The highest BCUT2D eigenvalue weighted by atomic mass is 35.5. The minimum absolute atomic E-state index is 0. The van der Waals surface area contributed by atoms with E-state index in [1.165, 1.54) is 12.1 Å². The second kappa shape index (κ2) is 6.15. The van der Waals surface area contributed by atoms with Gasteiger partial charge in [-0.25, -0.2) is 4.39 Å². The fourth-order valence-corrected chi connectivity index (χ4v) is 0.945. The lowest BCUT2D eigenvalue weighted by molar-refractivity contribution is -0.386. The first kappa shape index (κ1) is 13.6. The summed E-state index contributed by atoms with van der Waals surface area (Å²) in [5.74, 6) is -1.12. The van der Waals surface area contributed by atoms with Crippen LogP contribution in [0.15, 0.2) is 18.2 Å². The molecule has 0 heterocycles. The van der Waals surface area contributed by atoms with Crippen molar-refractivity contribution >= 4 is 18.1 Å². The summed E-state index contributed by atoms with van der Waals surface area (Å²) in [6.07, 6.45) is 0. The van der Waals surface area contributed by atoms with Crippen molar-refractivity contribution in [3.63, 3.8) is 0 Å². The fraction of sp³-hybridized carbons (Fsp3) is 0.250. The normalized spacial score (nSPS) is 9.20. The zero-order chi connectivity index (χ0) is 10.6. The van der Waals surface area contributed by atoms with Crippen LogP contribution in [-0.2, 0) is 0 Å². The van der Waals surface area contributed by atoms with Crippen LogP contribution in [0.5, 0.6) is 5.75 Å². The number of hydrogen-bond donors (Lipinski definition) is 1. The van der Waals surface area contributed by atoms with Crippen molar-refractivity contribution in [2.24, 2.45) is 5.73 Å². The molecule has 0 unspecified atom stereocenters. The molecule has 1 aromatic carbocycles. The molecule has 0 aliphatic rings. The quantitative estimate of drug-likeness (QED) is 0.635. The first-order valence-electron chi connectivity index (χ1n) is 3.92. The molecule has 2 N–H and O–H groups in total. The maximum Gasteiger partial charge on any atom is 0.314 e. The Balaban J connectivity index is 0.00000196. The number of para-hydroxylation sites is 1. The van der Waals surface area contributed by atoms with E-state index in [1.54, 1.807) is 0 Å². The lowest BCUT2D eigenvalue weighted by Gasteiger charge is -2.05. The third-order valence-corrected chi connectivity index (χ3v) is 1.51. The topological polar surface area (TPSA) is 78.4 Å². The Morgan fingerprint density at radius 1 is 1.53 bits per heavy atom. The maximum atomic E-state index is 13.1. The Kier molecular flexibility index (Phi) is 5.58. The number of rotatable bonds is 4. The molecule has 1 aromatic rings. The molecule has 0 atom stereocenters. The van der Waals surface area contributed by atoms with Gasteiger partial charge in [-0.2, -0.15) is 0 Å². The number of nitrogens with two attached hydrogens (primary N) is 1. The monoisotopic (exact) mass is 236 g/mol. The lowest BCUT2D eigenvalue weighted by atomic mass is 10.3. The van der Waals surface area contributed by atoms with Gasteiger partial charge in [-0.1, -0.05) is 6.07 Å². The molecule has 0 aliphatic heterocycles. The van der Waals surface area contributed by atoms with Gasteiger partial charge >= 0.3 is 5.69 Å². The Morgan fingerprint density at radius 3 is 2.73 bits per heavy atom. The zero-order valence-electron chi connectivity index (χ0n) is 7.68. The highest BCUT2D eigenvalue weighted by Crippen LogP contribution is 2.29. The van der Waals surface area contributed by atoms with Gasteiger partial charge in [-0.3, -0.25) is 10.1 Å². The van der Waals surface area contributed by atoms with Gasteiger partial charge in [0.05, 0.1) is 4.92 Å². The van der Waals surface area contributed by atoms with Gasteiger partial charge < -0.3 is 10.5 Å². The largest absolute Gasteiger partial charge is 0.483 e. The summed E-state index contributed by atoms with van der Waals surface area (Å²) in [6.45, 7) is 0.216. The number of halogens is 2. The Labute approximate surface area is 91.6 Å². The van der Waals surface area contributed by atoms with E-state index in [4.69, 9.17) is 10.5 Å². The highest BCUT2D eigenvalue weighted by molar-refractivity contribution is 5.85. The van der Waals surface area contributed by atoms with Crippen LogP contribution in [0.4, 0.5) is 10.1 Å². The lowest BCUT2D eigenvalue weighted by Crippen LogP contribution is -2.12. The van der Waals surface area contributed by atoms with Crippen molar-refractivity contribution in [2.45, 2.75) is 0 Å². The highest BCUT2D eigenvalue weighted by Gasteiger charge is 2.18. The van der Waals surface area contributed by atoms with Crippen LogP contribution in [0, 0.1) is 15.9 Å². The molecular weight excluding hydrogens is 227 g/mol. The van der Waals surface area contributed by atoms with Crippen LogP contribution >= 0.6 is 12.4 Å². The third kappa shape index (κ3) is 3.34. The summed E-state index contributed by atoms with van der Waals surface area (Å²) in [5, 5.41) is 10.5. The minimum atomic E-state index is -0.757. The zero-order valence-corrected chi connectivity index (χ0v) is 8.50. The van der Waals surface area contributed by atoms with Crippen molar-refractivity contribution in [1.82, 2.24) is 0 Å². The van der Waals surface area contributed by atoms with Gasteiger partial charge in [0, 0.05) is 12.6 Å². The molecule has 0 saturated heterocycles. The molecule has 0 fully saturated rings. The summed E-state index contributed by atoms with van der Waals surface area (Å²) in [7, 11) is 0. The van der Waals surface area contributed by atoms with Gasteiger partial charge in [0.2, 0.25) is 5.75 Å². The molecule has 0 saturated carbocycles. The number of nitro groups is 1. The minimum Gasteiger partial charge on any atom is -0.483 e. The van der Waals surface area contributed by atoms with Gasteiger partial charge in [-0.05, 0) is 6.07 Å². The molecule has 0 spiro atoms. The van der Waals surface area contributed by atoms with Gasteiger partial charge in [-0.15, -0.1) is 12.4 Å². The van der Waals surface area contributed by atoms with Crippen LogP contribution in [0.1, 0.15) is 0 Å². The van der Waals surface area contributed by atoms with Crippen LogP contribution in [0.3, 0.4) is 0 Å². The van der Waals surface area contributed by atoms with Crippen molar-refractivity contribution in [3.05, 3.63) is 34.1 Å². The average Bonchev–Trinajstić information content (AvgIpc) is 2.15. The average molecular weight is 237 g/mol. The Hall–Kier alpha value is -1.40. The second-order valence-corrected chi connectivity index (χ2v) is 2.48. The number of nitrogens with zero attached hydrogens (tertiary/aromatic N) is 1. The second-order valence-electron chi connectivity index (χ2n) is 2.48. The smallest absolute Gasteiger partial charge is 0.314 e. The number of nitro benzene ring substituents is 1. The molecule has 0 radical (unpaired) electrons. The standard InChI is InChI=1S/C8H9FN2O3.ClH/c9-6-2-1-3-7(11(12)13)8(6)14-5-4-10;/h1-3H,4-5,10H2;1H. The number of benzene rings is 1. The fourth-order valence-electron chi connectivity index (χ4n) is 0.945. The van der Waals surface area contributed by atoms with Crippen LogP contribution < -0.4 is 10.5 Å². The van der Waals surface area contributed by atoms with E-state index in [9.17, 15) is 14.5 Å². The summed E-state index contributed by atoms with van der Waals surface area (Å²) >= 11 is 0. The number of ether oxygens (including phenoxy) is 1. The molecule has 5 nitrogen and oxygen atoms in total. The molecule has 15 heavy (non-hydrogen) atoms. The van der Waals surface area contributed by atoms with E-state index >= 15 is 0 Å². The van der Waals surface area contributed by atoms with Crippen LogP contribution in [0.2, 0.25) is 0 Å². The predicted molar refractivity (Wildman–Crippen MR) is 54.9 cm³/mol. The van der Waals surface area contributed by atoms with Gasteiger partial charge in [0.15, 0.2) is 5.82 Å². The van der Waals surface area contributed by atoms with Crippen molar-refractivity contribution in [2.75, 3.05) is 13.2 Å². The maximum absolute atomic E-state index is 13.1. The van der Waals surface area contributed by atoms with Gasteiger partial charge in [0.1, 0.15) is 6.61 Å². The molecule has 1 rings (SSSR count). The summed E-state index contributed by atoms with van der Waals surface area (Å²) in [5.41, 5.74) is 4.74. The van der Waals surface area contributed by atoms with E-state index < -0.39 is 16.4 Å². The number of hydrogen-bond acceptors (Lipinski definition) is 4. The van der Waals surface area contributed by atoms with Crippen molar-refractivity contribution < 1.29 is 14.1 Å². The van der Waals surface area contributed by atoms with E-state index in [2.05, 4.69) is 0 Å². The molecular formula is C8H10ClFN2O3. The molecule has 7 heteroatoms. The molecule has 0 bridgehead atoms. The molecule has 0 amide bonds. The summed E-state index contributed by atoms with van der Waals surface area (Å²) in [4.78, 5) is 9.77.